The van der Waals surface area contributed by atoms with Gasteiger partial charge in [0.05, 0.1) is 11.1 Å². The van der Waals surface area contributed by atoms with E-state index in [4.69, 9.17) is 25.7 Å². The van der Waals surface area contributed by atoms with Crippen molar-refractivity contribution in [3.63, 3.8) is 0 Å². The van der Waals surface area contributed by atoms with Gasteiger partial charge in [-0.25, -0.2) is 4.98 Å². The van der Waals surface area contributed by atoms with Gasteiger partial charge in [0.1, 0.15) is 5.69 Å². The summed E-state index contributed by atoms with van der Waals surface area (Å²) in [5.74, 6) is 10.0. The first-order chi connectivity index (χ1) is 8.73. The van der Waals surface area contributed by atoms with E-state index in [0.717, 1.165) is 5.39 Å². The highest BCUT2D eigenvalue weighted by molar-refractivity contribution is 5.84. The van der Waals surface area contributed by atoms with Gasteiger partial charge in [0.25, 0.3) is 0 Å². The Morgan fingerprint density at radius 2 is 1.28 bits per heavy atom. The van der Waals surface area contributed by atoms with Gasteiger partial charge in [-0.3, -0.25) is 0 Å². The molecule has 0 aliphatic rings. The summed E-state index contributed by atoms with van der Waals surface area (Å²) in [5.41, 5.74) is 2.95. The fraction of sp³-hybridized carbons (Fsp3) is 0. The molecule has 1 heteroatoms. The summed E-state index contributed by atoms with van der Waals surface area (Å²) in [6.07, 6.45) is 21.6. The molecule has 18 heavy (non-hydrogen) atoms. The van der Waals surface area contributed by atoms with Crippen LogP contribution in [0.5, 0.6) is 0 Å². The molecule has 0 atom stereocenters. The molecular weight excluding hydrogens is 218 g/mol. The van der Waals surface area contributed by atoms with Gasteiger partial charge in [0, 0.05) is 16.5 Å². The number of nitrogens with zero attached hydrogens (tertiary/aromatic N) is 1. The predicted molar refractivity (Wildman–Crippen MR) is 73.5 cm³/mol. The van der Waals surface area contributed by atoms with Gasteiger partial charge >= 0.3 is 0 Å². The number of hydrogen-bond donors (Lipinski definition) is 0. The Balaban J connectivity index is 2.90. The van der Waals surface area contributed by atoms with E-state index in [1.165, 1.54) is 0 Å². The smallest absolute Gasteiger partial charge is 0.129 e. The molecule has 0 fully saturated rings. The Labute approximate surface area is 106 Å². The number of terminal acetylenes is 4. The largest absolute Gasteiger partial charge is 0.238 e. The molecule has 1 aromatic carbocycles. The highest BCUT2D eigenvalue weighted by Crippen LogP contribution is 2.20. The van der Waals surface area contributed by atoms with Crippen molar-refractivity contribution in [1.82, 2.24) is 4.98 Å². The lowest BCUT2D eigenvalue weighted by molar-refractivity contribution is 1.34. The molecule has 0 spiro atoms. The first-order valence-electron chi connectivity index (χ1n) is 5.08. The summed E-state index contributed by atoms with van der Waals surface area (Å²) in [6, 6.07) is 5.32. The van der Waals surface area contributed by atoms with Crippen LogP contribution >= 0.6 is 0 Å². The molecule has 0 N–H and O–H groups in total. The summed E-state index contributed by atoms with van der Waals surface area (Å²) in [5, 5.41) is 0.828. The van der Waals surface area contributed by atoms with E-state index in [9.17, 15) is 0 Å². The van der Waals surface area contributed by atoms with Crippen molar-refractivity contribution in [2.24, 2.45) is 0 Å². The monoisotopic (exact) mass is 225 g/mol. The van der Waals surface area contributed by atoms with Crippen LogP contribution in [-0.2, 0) is 0 Å². The lowest BCUT2D eigenvalue weighted by Crippen LogP contribution is -1.93. The molecule has 0 radical (unpaired) electrons. The fourth-order valence-corrected chi connectivity index (χ4v) is 1.68. The summed E-state index contributed by atoms with van der Waals surface area (Å²) in [7, 11) is 0. The highest BCUT2D eigenvalue weighted by atomic mass is 14.7. The molecule has 0 amide bonds. The zero-order valence-electron chi connectivity index (χ0n) is 9.49. The van der Waals surface area contributed by atoms with Gasteiger partial charge < -0.3 is 0 Å². The Morgan fingerprint density at radius 3 is 1.83 bits per heavy atom. The second-order valence-corrected chi connectivity index (χ2v) is 3.55. The first-order valence-corrected chi connectivity index (χ1v) is 5.08. The maximum Gasteiger partial charge on any atom is 0.129 e. The van der Waals surface area contributed by atoms with Gasteiger partial charge in [-0.05, 0) is 24.1 Å². The summed E-state index contributed by atoms with van der Waals surface area (Å²) in [6.45, 7) is 0. The van der Waals surface area contributed by atoms with Crippen molar-refractivity contribution >= 4 is 10.9 Å². The van der Waals surface area contributed by atoms with Crippen LogP contribution in [0.2, 0.25) is 0 Å². The minimum absolute atomic E-state index is 0.432. The Morgan fingerprint density at radius 1 is 0.722 bits per heavy atom. The number of rotatable bonds is 0. The molecule has 2 aromatic rings. The summed E-state index contributed by atoms with van der Waals surface area (Å²) < 4.78 is 0. The van der Waals surface area contributed by atoms with Crippen LogP contribution in [0.1, 0.15) is 22.4 Å². The third kappa shape index (κ3) is 1.68. The highest BCUT2D eigenvalue weighted by Gasteiger charge is 2.06. The third-order valence-corrected chi connectivity index (χ3v) is 2.56. The van der Waals surface area contributed by atoms with E-state index in [2.05, 4.69) is 28.7 Å². The van der Waals surface area contributed by atoms with Crippen molar-refractivity contribution in [1.29, 1.82) is 0 Å². The van der Waals surface area contributed by atoms with Crippen molar-refractivity contribution in [3.05, 3.63) is 40.6 Å². The third-order valence-electron chi connectivity index (χ3n) is 2.56. The molecule has 1 heterocycles. The maximum absolute atomic E-state index is 5.41. The van der Waals surface area contributed by atoms with Crippen LogP contribution in [-0.4, -0.2) is 4.98 Å². The normalized spacial score (nSPS) is 8.89. The predicted octanol–water partition coefficient (Wildman–Crippen LogP) is 2.16. The molecule has 0 saturated carbocycles. The van der Waals surface area contributed by atoms with Crippen LogP contribution in [0.15, 0.2) is 18.2 Å². The van der Waals surface area contributed by atoms with Crippen molar-refractivity contribution in [3.8, 4) is 49.4 Å². The fourth-order valence-electron chi connectivity index (χ4n) is 1.68. The number of aromatic nitrogens is 1. The Kier molecular flexibility index (Phi) is 2.77. The van der Waals surface area contributed by atoms with E-state index in [-0.39, 0.29) is 0 Å². The van der Waals surface area contributed by atoms with Gasteiger partial charge in [0.2, 0.25) is 0 Å². The summed E-state index contributed by atoms with van der Waals surface area (Å²) in [4.78, 5) is 4.31. The van der Waals surface area contributed by atoms with Crippen molar-refractivity contribution in [2.75, 3.05) is 0 Å². The minimum Gasteiger partial charge on any atom is -0.238 e. The van der Waals surface area contributed by atoms with Crippen LogP contribution in [0, 0.1) is 49.4 Å². The topological polar surface area (TPSA) is 12.9 Å². The number of fused-ring (bicyclic) bond motifs is 1. The molecule has 0 bridgehead atoms. The number of hydrogen-bond acceptors (Lipinski definition) is 1. The zero-order chi connectivity index (χ0) is 13.1. The molecule has 0 saturated heterocycles. The van der Waals surface area contributed by atoms with Gasteiger partial charge in [-0.15, -0.1) is 25.7 Å². The lowest BCUT2D eigenvalue weighted by Gasteiger charge is -2.04. The number of pyridine rings is 1. The first kappa shape index (κ1) is 11.4. The SMILES string of the molecule is C#Cc1cc2cc(C#C)c(C#C)nc2cc1C#C. The van der Waals surface area contributed by atoms with Gasteiger partial charge in [-0.2, -0.15) is 0 Å². The molecule has 1 aromatic heterocycles. The molecule has 0 aliphatic carbocycles. The Bertz CT molecular complexity index is 675. The molecule has 80 valence electrons. The quantitative estimate of drug-likeness (QED) is 0.626. The second kappa shape index (κ2) is 4.39. The molecule has 0 aliphatic heterocycles. The molecule has 2 rings (SSSR count). The van der Waals surface area contributed by atoms with Crippen LogP contribution in [0.3, 0.4) is 0 Å². The van der Waals surface area contributed by atoms with Crippen LogP contribution in [0.4, 0.5) is 0 Å². The second-order valence-electron chi connectivity index (χ2n) is 3.55. The average molecular weight is 225 g/mol. The lowest BCUT2D eigenvalue weighted by atomic mass is 10.0. The van der Waals surface area contributed by atoms with E-state index >= 15 is 0 Å². The number of benzene rings is 1. The average Bonchev–Trinajstić information content (AvgIpc) is 2.43. The van der Waals surface area contributed by atoms with E-state index in [1.807, 2.05) is 0 Å². The Hall–Kier alpha value is -3.13. The standard InChI is InChI=1S/C17H7N/c1-5-12-9-15-10-14(7-3)16(8-4)18-17(15)11-13(12)6-2/h1-4,9-11H. The van der Waals surface area contributed by atoms with Gasteiger partial charge in [0.15, 0.2) is 0 Å². The van der Waals surface area contributed by atoms with E-state index in [0.29, 0.717) is 27.9 Å². The van der Waals surface area contributed by atoms with E-state index in [1.54, 1.807) is 18.2 Å². The summed E-state index contributed by atoms with van der Waals surface area (Å²) >= 11 is 0. The van der Waals surface area contributed by atoms with Crippen LogP contribution < -0.4 is 0 Å². The molecular formula is C17H7N. The van der Waals surface area contributed by atoms with Crippen LogP contribution in [0.25, 0.3) is 10.9 Å². The van der Waals surface area contributed by atoms with Crippen molar-refractivity contribution < 1.29 is 0 Å². The minimum atomic E-state index is 0.432. The zero-order valence-corrected chi connectivity index (χ0v) is 9.49. The van der Waals surface area contributed by atoms with Crippen molar-refractivity contribution in [2.45, 2.75) is 0 Å². The van der Waals surface area contributed by atoms with E-state index < -0.39 is 0 Å². The molecule has 1 nitrogen and oxygen atoms in total. The van der Waals surface area contributed by atoms with Gasteiger partial charge in [-0.1, -0.05) is 17.8 Å². The molecule has 0 unspecified atom stereocenters. The maximum atomic E-state index is 5.41.